The van der Waals surface area contributed by atoms with Crippen LogP contribution in [0, 0.1) is 6.92 Å². The third-order valence-corrected chi connectivity index (χ3v) is 5.09. The number of nitrogens with zero attached hydrogens (tertiary/aromatic N) is 1. The van der Waals surface area contributed by atoms with Gasteiger partial charge in [-0.25, -0.2) is 0 Å². The molecule has 1 amide bonds. The molecule has 18 heavy (non-hydrogen) atoms. The Hall–Kier alpha value is -0.520. The maximum Gasteiger partial charge on any atom is 0.241 e. The van der Waals surface area contributed by atoms with Crippen LogP contribution in [-0.2, 0) is 4.79 Å². The molecule has 5 heteroatoms. The molecule has 1 N–H and O–H groups in total. The number of thioether (sulfide) groups is 1. The van der Waals surface area contributed by atoms with E-state index in [0.717, 1.165) is 5.75 Å². The lowest BCUT2D eigenvalue weighted by Gasteiger charge is -2.29. The van der Waals surface area contributed by atoms with Crippen LogP contribution in [0.15, 0.2) is 12.1 Å². The minimum atomic E-state index is -0.0817. The molecule has 2 heterocycles. The molecule has 2 rings (SSSR count). The van der Waals surface area contributed by atoms with Gasteiger partial charge in [0.05, 0.1) is 6.04 Å². The van der Waals surface area contributed by atoms with Crippen LogP contribution in [0.3, 0.4) is 0 Å². The van der Waals surface area contributed by atoms with E-state index in [-0.39, 0.29) is 24.2 Å². The summed E-state index contributed by atoms with van der Waals surface area (Å²) in [7, 11) is 0. The highest BCUT2D eigenvalue weighted by Crippen LogP contribution is 2.32. The summed E-state index contributed by atoms with van der Waals surface area (Å²) in [6.45, 7) is 6.17. The van der Waals surface area contributed by atoms with Crippen molar-refractivity contribution in [3.05, 3.63) is 21.9 Å². The van der Waals surface area contributed by atoms with Crippen molar-refractivity contribution in [1.82, 2.24) is 10.2 Å². The molecule has 3 atom stereocenters. The van der Waals surface area contributed by atoms with Crippen molar-refractivity contribution in [3.63, 3.8) is 0 Å². The highest BCUT2D eigenvalue weighted by Gasteiger charge is 2.40. The maximum atomic E-state index is 12.3. The highest BCUT2D eigenvalue weighted by molar-refractivity contribution is 7.98. The Labute approximate surface area is 117 Å². The highest BCUT2D eigenvalue weighted by atomic mass is 32.2. The number of amides is 1. The molecule has 1 aliphatic heterocycles. The Balaban J connectivity index is 2.24. The average Bonchev–Trinajstić information content (AvgIpc) is 2.85. The van der Waals surface area contributed by atoms with Crippen LogP contribution in [0.5, 0.6) is 0 Å². The van der Waals surface area contributed by atoms with E-state index in [0.29, 0.717) is 0 Å². The zero-order chi connectivity index (χ0) is 13.3. The first-order valence-corrected chi connectivity index (χ1v) is 8.39. The van der Waals surface area contributed by atoms with Crippen LogP contribution in [-0.4, -0.2) is 34.9 Å². The second kappa shape index (κ2) is 5.63. The van der Waals surface area contributed by atoms with E-state index in [4.69, 9.17) is 0 Å². The van der Waals surface area contributed by atoms with Gasteiger partial charge in [0.15, 0.2) is 0 Å². The molecule has 0 aliphatic carbocycles. The molecule has 100 valence electrons. The van der Waals surface area contributed by atoms with Gasteiger partial charge in [-0.1, -0.05) is 0 Å². The molecule has 1 aromatic rings. The number of nitrogens with one attached hydrogen (secondary N) is 1. The Bertz CT molecular complexity index is 432. The summed E-state index contributed by atoms with van der Waals surface area (Å²) in [5.74, 6) is 1.19. The Kier molecular flexibility index (Phi) is 4.35. The monoisotopic (exact) mass is 284 g/mol. The number of hydrogen-bond donors (Lipinski definition) is 1. The molecule has 0 aromatic carbocycles. The van der Waals surface area contributed by atoms with E-state index in [1.165, 1.54) is 9.75 Å². The van der Waals surface area contributed by atoms with Gasteiger partial charge in [0.25, 0.3) is 0 Å². The molecule has 3 nitrogen and oxygen atoms in total. The fraction of sp³-hybridized carbons (Fsp3) is 0.615. The molecule has 0 saturated carbocycles. The molecular formula is C13H20N2OS2. The van der Waals surface area contributed by atoms with Gasteiger partial charge in [-0.15, -0.1) is 11.3 Å². The van der Waals surface area contributed by atoms with E-state index < -0.39 is 0 Å². The number of carbonyl (C=O) groups is 1. The van der Waals surface area contributed by atoms with Crippen LogP contribution >= 0.6 is 23.1 Å². The number of rotatable bonds is 4. The zero-order valence-electron chi connectivity index (χ0n) is 11.3. The molecule has 3 unspecified atom stereocenters. The minimum Gasteiger partial charge on any atom is -0.317 e. The summed E-state index contributed by atoms with van der Waals surface area (Å²) in [5.41, 5.74) is 0. The topological polar surface area (TPSA) is 32.3 Å². The summed E-state index contributed by atoms with van der Waals surface area (Å²) in [4.78, 5) is 16.8. The van der Waals surface area contributed by atoms with Crippen LogP contribution in [0.1, 0.15) is 29.8 Å². The molecule has 1 aliphatic rings. The van der Waals surface area contributed by atoms with Gasteiger partial charge in [-0.3, -0.25) is 10.1 Å². The van der Waals surface area contributed by atoms with Crippen molar-refractivity contribution in [3.8, 4) is 0 Å². The van der Waals surface area contributed by atoms with Crippen molar-refractivity contribution in [2.24, 2.45) is 0 Å². The van der Waals surface area contributed by atoms with E-state index in [2.05, 4.69) is 37.6 Å². The van der Waals surface area contributed by atoms with Gasteiger partial charge in [-0.05, 0) is 39.2 Å². The van der Waals surface area contributed by atoms with Crippen LogP contribution in [0.25, 0.3) is 0 Å². The summed E-state index contributed by atoms with van der Waals surface area (Å²) in [6.07, 6.45) is 2.13. The third kappa shape index (κ3) is 2.58. The fourth-order valence-electron chi connectivity index (χ4n) is 2.35. The maximum absolute atomic E-state index is 12.3. The number of aryl methyl sites for hydroxylation is 1. The lowest BCUT2D eigenvalue weighted by Crippen LogP contribution is -2.39. The zero-order valence-corrected chi connectivity index (χ0v) is 12.9. The predicted octanol–water partition coefficient (Wildman–Crippen LogP) is 2.63. The number of hydrogen-bond acceptors (Lipinski definition) is 4. The van der Waals surface area contributed by atoms with E-state index in [9.17, 15) is 4.79 Å². The van der Waals surface area contributed by atoms with Gasteiger partial charge >= 0.3 is 0 Å². The first kappa shape index (κ1) is 13.9. The third-order valence-electron chi connectivity index (χ3n) is 3.22. The summed E-state index contributed by atoms with van der Waals surface area (Å²) >= 11 is 3.55. The second-order valence-electron chi connectivity index (χ2n) is 4.79. The smallest absolute Gasteiger partial charge is 0.241 e. The molecule has 1 saturated heterocycles. The van der Waals surface area contributed by atoms with Gasteiger partial charge in [0, 0.05) is 21.5 Å². The molecular weight excluding hydrogens is 264 g/mol. The van der Waals surface area contributed by atoms with Crippen LogP contribution in [0.4, 0.5) is 0 Å². The quantitative estimate of drug-likeness (QED) is 0.922. The van der Waals surface area contributed by atoms with Gasteiger partial charge in [0.2, 0.25) is 5.91 Å². The Morgan fingerprint density at radius 2 is 2.28 bits per heavy atom. The number of thiophene rings is 1. The Morgan fingerprint density at radius 1 is 1.56 bits per heavy atom. The number of carbonyl (C=O) groups excluding carboxylic acids is 1. The average molecular weight is 284 g/mol. The first-order chi connectivity index (χ1) is 8.54. The van der Waals surface area contributed by atoms with Gasteiger partial charge in [-0.2, -0.15) is 11.8 Å². The van der Waals surface area contributed by atoms with Crippen LogP contribution < -0.4 is 5.32 Å². The summed E-state index contributed by atoms with van der Waals surface area (Å²) in [5, 5.41) is 3.40. The predicted molar refractivity (Wildman–Crippen MR) is 79.1 cm³/mol. The summed E-state index contributed by atoms with van der Waals surface area (Å²) < 4.78 is 0. The van der Waals surface area contributed by atoms with Crippen molar-refractivity contribution >= 4 is 29.0 Å². The van der Waals surface area contributed by atoms with E-state index in [1.54, 1.807) is 23.1 Å². The van der Waals surface area contributed by atoms with Crippen molar-refractivity contribution < 1.29 is 4.79 Å². The lowest BCUT2D eigenvalue weighted by atomic mass is 10.2. The van der Waals surface area contributed by atoms with Gasteiger partial charge < -0.3 is 4.90 Å². The second-order valence-corrected chi connectivity index (χ2v) is 7.02. The molecule has 0 bridgehead atoms. The molecule has 1 fully saturated rings. The normalized spacial score (nSPS) is 25.8. The van der Waals surface area contributed by atoms with E-state index >= 15 is 0 Å². The standard InChI is InChI=1S/C13H20N2OS2/c1-8(7-17-4)15-12(14-10(3)13(15)16)11-6-5-9(2)18-11/h5-6,8,10,12,14H,7H2,1-4H3. The van der Waals surface area contributed by atoms with Gasteiger partial charge in [0.1, 0.15) is 6.17 Å². The molecule has 1 aromatic heterocycles. The molecule has 0 radical (unpaired) electrons. The largest absolute Gasteiger partial charge is 0.317 e. The fourth-order valence-corrected chi connectivity index (χ4v) is 3.93. The van der Waals surface area contributed by atoms with E-state index in [1.807, 2.05) is 11.8 Å². The minimum absolute atomic E-state index is 0.0494. The molecule has 0 spiro atoms. The van der Waals surface area contributed by atoms with Crippen molar-refractivity contribution in [1.29, 1.82) is 0 Å². The summed E-state index contributed by atoms with van der Waals surface area (Å²) in [6, 6.07) is 4.42. The SMILES string of the molecule is CSCC(C)N1C(=O)C(C)NC1c1ccc(C)s1. The van der Waals surface area contributed by atoms with Crippen molar-refractivity contribution in [2.45, 2.75) is 39.0 Å². The van der Waals surface area contributed by atoms with Crippen LogP contribution in [0.2, 0.25) is 0 Å². The first-order valence-electron chi connectivity index (χ1n) is 6.18. The Morgan fingerprint density at radius 3 is 2.83 bits per heavy atom. The van der Waals surface area contributed by atoms with Crippen molar-refractivity contribution in [2.75, 3.05) is 12.0 Å². The lowest BCUT2D eigenvalue weighted by molar-refractivity contribution is -0.131.